The smallest absolute Gasteiger partial charge is 0.294 e. The number of nitrogens with two attached hydrogens (primary N) is 1. The summed E-state index contributed by atoms with van der Waals surface area (Å²) in [5.74, 6) is -1.55. The number of hydrogen-bond acceptors (Lipinski definition) is 9. The number of carbonyl (C=O) groups is 3. The molecule has 2 aliphatic rings. The van der Waals surface area contributed by atoms with Gasteiger partial charge in [0.1, 0.15) is 11.7 Å². The molecule has 2 fully saturated rings. The highest BCUT2D eigenvalue weighted by molar-refractivity contribution is 9.10. The summed E-state index contributed by atoms with van der Waals surface area (Å²) in [6.07, 6.45) is 2.66. The Morgan fingerprint density at radius 2 is 1.82 bits per heavy atom. The number of morpholine rings is 1. The zero-order valence-electron chi connectivity index (χ0n) is 21.7. The number of rotatable bonds is 7. The van der Waals surface area contributed by atoms with E-state index in [1.54, 1.807) is 24.2 Å². The van der Waals surface area contributed by atoms with Gasteiger partial charge in [-0.15, -0.1) is 0 Å². The predicted molar refractivity (Wildman–Crippen MR) is 147 cm³/mol. The van der Waals surface area contributed by atoms with Gasteiger partial charge in [-0.1, -0.05) is 15.9 Å². The Kier molecular flexibility index (Phi) is 8.35. The van der Waals surface area contributed by atoms with Gasteiger partial charge in [0, 0.05) is 55.7 Å². The number of hydrogen-bond donors (Lipinski definition) is 3. The SMILES string of the molecule is CNc1cncc(C(=O)N2CC(Nc3c(C(=O)N4CC(C)OC(C)C4)cc(Br)cc3[N+](=O)[O-])CC2C(N)=O)c1. The Bertz CT molecular complexity index is 1300. The number of nitrogens with one attached hydrogen (secondary N) is 2. The lowest BCUT2D eigenvalue weighted by atomic mass is 10.1. The molecule has 4 unspecified atom stereocenters. The van der Waals surface area contributed by atoms with Crippen LogP contribution in [0.2, 0.25) is 0 Å². The van der Waals surface area contributed by atoms with Gasteiger partial charge in [-0.05, 0) is 32.4 Å². The lowest BCUT2D eigenvalue weighted by Gasteiger charge is -2.35. The van der Waals surface area contributed by atoms with Crippen LogP contribution in [0.15, 0.2) is 35.1 Å². The predicted octanol–water partition coefficient (Wildman–Crippen LogP) is 2.22. The molecule has 3 heterocycles. The zero-order valence-corrected chi connectivity index (χ0v) is 23.3. The molecule has 3 amide bonds. The van der Waals surface area contributed by atoms with Crippen molar-refractivity contribution in [3.63, 3.8) is 0 Å². The van der Waals surface area contributed by atoms with E-state index in [1.807, 2.05) is 13.8 Å². The second-order valence-corrected chi connectivity index (χ2v) is 10.7. The Morgan fingerprint density at radius 3 is 2.44 bits per heavy atom. The van der Waals surface area contributed by atoms with Crippen molar-refractivity contribution in [2.24, 2.45) is 5.73 Å². The van der Waals surface area contributed by atoms with Crippen molar-refractivity contribution in [3.05, 3.63) is 56.3 Å². The highest BCUT2D eigenvalue weighted by atomic mass is 79.9. The van der Waals surface area contributed by atoms with Crippen LogP contribution >= 0.6 is 15.9 Å². The normalized spacial score (nSPS) is 22.9. The minimum absolute atomic E-state index is 0.0152. The summed E-state index contributed by atoms with van der Waals surface area (Å²) in [5.41, 5.74) is 6.32. The van der Waals surface area contributed by atoms with Gasteiger partial charge in [-0.25, -0.2) is 0 Å². The van der Waals surface area contributed by atoms with Crippen LogP contribution in [0, 0.1) is 10.1 Å². The minimum Gasteiger partial charge on any atom is -0.387 e. The van der Waals surface area contributed by atoms with Gasteiger partial charge in [0.05, 0.1) is 33.9 Å². The highest BCUT2D eigenvalue weighted by Crippen LogP contribution is 2.36. The maximum Gasteiger partial charge on any atom is 0.294 e. The van der Waals surface area contributed by atoms with Crippen LogP contribution in [0.25, 0.3) is 0 Å². The topological polar surface area (TPSA) is 173 Å². The molecule has 4 N–H and O–H groups in total. The molecule has 0 saturated carbocycles. The summed E-state index contributed by atoms with van der Waals surface area (Å²) in [5, 5.41) is 18.1. The number of amides is 3. The third-order valence-corrected chi connectivity index (χ3v) is 7.19. The first-order chi connectivity index (χ1) is 18.5. The molecule has 14 heteroatoms. The van der Waals surface area contributed by atoms with Gasteiger partial charge >= 0.3 is 0 Å². The van der Waals surface area contributed by atoms with Crippen LogP contribution in [-0.4, -0.2) is 88.4 Å². The third-order valence-electron chi connectivity index (χ3n) is 6.73. The van der Waals surface area contributed by atoms with Crippen LogP contribution in [0.4, 0.5) is 17.1 Å². The third kappa shape index (κ3) is 6.11. The average molecular weight is 604 g/mol. The molecule has 0 radical (unpaired) electrons. The van der Waals surface area contributed by atoms with E-state index < -0.39 is 34.7 Å². The second-order valence-electron chi connectivity index (χ2n) is 9.74. The van der Waals surface area contributed by atoms with E-state index in [2.05, 4.69) is 31.5 Å². The van der Waals surface area contributed by atoms with E-state index in [0.717, 1.165) is 0 Å². The van der Waals surface area contributed by atoms with E-state index in [9.17, 15) is 24.5 Å². The molecule has 1 aromatic heterocycles. The number of halogens is 1. The van der Waals surface area contributed by atoms with Crippen molar-refractivity contribution >= 4 is 50.7 Å². The monoisotopic (exact) mass is 603 g/mol. The van der Waals surface area contributed by atoms with E-state index in [0.29, 0.717) is 23.2 Å². The number of likely N-dealkylation sites (tertiary alicyclic amines) is 1. The average Bonchev–Trinajstić information content (AvgIpc) is 3.32. The van der Waals surface area contributed by atoms with Gasteiger partial charge in [0.2, 0.25) is 5.91 Å². The number of nitrogens with zero attached hydrogens (tertiary/aromatic N) is 4. The van der Waals surface area contributed by atoms with Gasteiger partial charge < -0.3 is 30.9 Å². The summed E-state index contributed by atoms with van der Waals surface area (Å²) in [7, 11) is 1.69. The number of anilines is 2. The molecule has 0 spiro atoms. The molecular formula is C25H30BrN7O6. The zero-order chi connectivity index (χ0) is 28.4. The van der Waals surface area contributed by atoms with Gasteiger partial charge in [-0.3, -0.25) is 29.5 Å². The maximum atomic E-state index is 13.6. The number of primary amides is 1. The van der Waals surface area contributed by atoms with Gasteiger partial charge in [0.15, 0.2) is 0 Å². The molecule has 4 rings (SSSR count). The second kappa shape index (κ2) is 11.5. The lowest BCUT2D eigenvalue weighted by Crippen LogP contribution is -2.48. The Labute approximate surface area is 233 Å². The summed E-state index contributed by atoms with van der Waals surface area (Å²) < 4.78 is 6.10. The van der Waals surface area contributed by atoms with E-state index in [4.69, 9.17) is 10.5 Å². The van der Waals surface area contributed by atoms with Crippen LogP contribution in [0.1, 0.15) is 41.0 Å². The fourth-order valence-electron chi connectivity index (χ4n) is 5.07. The Hall–Kier alpha value is -3.78. The summed E-state index contributed by atoms with van der Waals surface area (Å²) >= 11 is 3.29. The molecule has 2 aromatic rings. The van der Waals surface area contributed by atoms with Gasteiger partial charge in [-0.2, -0.15) is 0 Å². The highest BCUT2D eigenvalue weighted by Gasteiger charge is 2.41. The fourth-order valence-corrected chi connectivity index (χ4v) is 5.51. The molecular weight excluding hydrogens is 574 g/mol. The molecule has 0 aliphatic carbocycles. The maximum absolute atomic E-state index is 13.6. The van der Waals surface area contributed by atoms with E-state index in [-0.39, 0.29) is 47.7 Å². The van der Waals surface area contributed by atoms with Crippen molar-refractivity contribution in [2.45, 2.75) is 44.6 Å². The van der Waals surface area contributed by atoms with Crippen LogP contribution < -0.4 is 16.4 Å². The largest absolute Gasteiger partial charge is 0.387 e. The van der Waals surface area contributed by atoms with Crippen molar-refractivity contribution in [3.8, 4) is 0 Å². The van der Waals surface area contributed by atoms with Crippen molar-refractivity contribution < 1.29 is 24.0 Å². The molecule has 2 aliphatic heterocycles. The number of benzene rings is 1. The summed E-state index contributed by atoms with van der Waals surface area (Å²) in [6, 6.07) is 2.89. The van der Waals surface area contributed by atoms with Crippen LogP contribution in [0.5, 0.6) is 0 Å². The summed E-state index contributed by atoms with van der Waals surface area (Å²) in [4.78, 5) is 57.7. The first-order valence-corrected chi connectivity index (χ1v) is 13.2. The van der Waals surface area contributed by atoms with Crippen LogP contribution in [0.3, 0.4) is 0 Å². The summed E-state index contributed by atoms with van der Waals surface area (Å²) in [6.45, 7) is 4.40. The van der Waals surface area contributed by atoms with Crippen molar-refractivity contribution in [2.75, 3.05) is 37.3 Å². The fraction of sp³-hybridized carbons (Fsp3) is 0.440. The molecule has 1 aromatic carbocycles. The van der Waals surface area contributed by atoms with Crippen molar-refractivity contribution in [1.29, 1.82) is 0 Å². The number of aromatic nitrogens is 1. The van der Waals surface area contributed by atoms with Gasteiger partial charge in [0.25, 0.3) is 17.5 Å². The first kappa shape index (κ1) is 28.2. The Morgan fingerprint density at radius 1 is 1.13 bits per heavy atom. The van der Waals surface area contributed by atoms with E-state index in [1.165, 1.54) is 23.2 Å². The number of carbonyl (C=O) groups excluding carboxylic acids is 3. The molecule has 4 atom stereocenters. The van der Waals surface area contributed by atoms with Crippen molar-refractivity contribution in [1.82, 2.24) is 14.8 Å². The van der Waals surface area contributed by atoms with E-state index >= 15 is 0 Å². The Balaban J connectivity index is 1.66. The molecule has 0 bridgehead atoms. The number of nitro groups is 1. The molecule has 39 heavy (non-hydrogen) atoms. The molecule has 13 nitrogen and oxygen atoms in total. The van der Waals surface area contributed by atoms with Crippen LogP contribution in [-0.2, 0) is 9.53 Å². The first-order valence-electron chi connectivity index (χ1n) is 12.4. The number of pyridine rings is 1. The molecule has 208 valence electrons. The quantitative estimate of drug-likeness (QED) is 0.316. The standard InChI is InChI=1S/C25H30BrN7O6/c1-13-10-31(11-14(2)39-13)25(36)19-5-16(26)6-20(33(37)38)22(19)30-18-7-21(23(27)34)32(12-18)24(35)15-4-17(28-3)9-29-8-15/h4-6,8-9,13-14,18,21,28,30H,7,10-12H2,1-3H3,(H2,27,34). The molecule has 2 saturated heterocycles. The number of nitro benzene ring substituents is 1. The lowest BCUT2D eigenvalue weighted by molar-refractivity contribution is -0.384. The number of ether oxygens (including phenoxy) is 1. The minimum atomic E-state index is -0.956.